The van der Waals surface area contributed by atoms with Crippen LogP contribution in [0.1, 0.15) is 45.9 Å². The molecule has 1 aromatic carbocycles. The highest BCUT2D eigenvalue weighted by molar-refractivity contribution is 7.98. The fourth-order valence-corrected chi connectivity index (χ4v) is 3.35. The molecule has 1 amide bonds. The first kappa shape index (κ1) is 19.2. The Bertz CT molecular complexity index is 870. The number of nitrogens with zero attached hydrogens (tertiary/aromatic N) is 3. The standard InChI is InChI=1S/C21H23N3O2S/c1-14-4-8-16(9-5-14)26-11-10-24(2)21(25)17-12-19(15-6-7-15)23-20(27-3)18(17)13-22/h4-5,8-9,12,15H,6-7,10-11H2,1-3H3. The smallest absolute Gasteiger partial charge is 0.255 e. The van der Waals surface area contributed by atoms with Crippen LogP contribution in [0.5, 0.6) is 5.75 Å². The maximum atomic E-state index is 13.0. The highest BCUT2D eigenvalue weighted by atomic mass is 32.2. The number of pyridine rings is 1. The Morgan fingerprint density at radius 1 is 1.37 bits per heavy atom. The van der Waals surface area contributed by atoms with Crippen molar-refractivity contribution in [2.24, 2.45) is 0 Å². The number of aryl methyl sites for hydroxylation is 1. The van der Waals surface area contributed by atoms with E-state index in [0.29, 0.717) is 35.2 Å². The van der Waals surface area contributed by atoms with Crippen LogP contribution >= 0.6 is 11.8 Å². The van der Waals surface area contributed by atoms with Crippen molar-refractivity contribution in [3.63, 3.8) is 0 Å². The molecular weight excluding hydrogens is 358 g/mol. The Labute approximate surface area is 164 Å². The fourth-order valence-electron chi connectivity index (χ4n) is 2.80. The third kappa shape index (κ3) is 4.61. The maximum Gasteiger partial charge on any atom is 0.255 e. The number of hydrogen-bond acceptors (Lipinski definition) is 5. The maximum absolute atomic E-state index is 13.0. The lowest BCUT2D eigenvalue weighted by molar-refractivity contribution is 0.0773. The number of carbonyl (C=O) groups is 1. The van der Waals surface area contributed by atoms with Crippen molar-refractivity contribution < 1.29 is 9.53 Å². The zero-order valence-corrected chi connectivity index (χ0v) is 16.7. The summed E-state index contributed by atoms with van der Waals surface area (Å²) < 4.78 is 5.72. The molecule has 0 spiro atoms. The summed E-state index contributed by atoms with van der Waals surface area (Å²) in [7, 11) is 1.73. The average molecular weight is 382 g/mol. The van der Waals surface area contributed by atoms with E-state index in [1.54, 1.807) is 18.0 Å². The molecule has 3 rings (SSSR count). The lowest BCUT2D eigenvalue weighted by Gasteiger charge is -2.19. The summed E-state index contributed by atoms with van der Waals surface area (Å²) in [4.78, 5) is 19.1. The van der Waals surface area contributed by atoms with Gasteiger partial charge >= 0.3 is 0 Å². The number of ether oxygens (including phenoxy) is 1. The third-order valence-corrected chi connectivity index (χ3v) is 5.28. The van der Waals surface area contributed by atoms with E-state index >= 15 is 0 Å². The van der Waals surface area contributed by atoms with Crippen molar-refractivity contribution in [1.82, 2.24) is 9.88 Å². The molecule has 0 bridgehead atoms. The van der Waals surface area contributed by atoms with Crippen molar-refractivity contribution >= 4 is 17.7 Å². The summed E-state index contributed by atoms with van der Waals surface area (Å²) in [6, 6.07) is 11.8. The van der Waals surface area contributed by atoms with E-state index in [4.69, 9.17) is 4.74 Å². The van der Waals surface area contributed by atoms with Crippen LogP contribution in [0.3, 0.4) is 0 Å². The summed E-state index contributed by atoms with van der Waals surface area (Å²) in [6.45, 7) is 2.85. The minimum absolute atomic E-state index is 0.168. The number of aromatic nitrogens is 1. The van der Waals surface area contributed by atoms with E-state index in [2.05, 4.69) is 11.1 Å². The van der Waals surface area contributed by atoms with Crippen LogP contribution in [0, 0.1) is 18.3 Å². The van der Waals surface area contributed by atoms with Crippen LogP contribution in [0.15, 0.2) is 35.4 Å². The molecule has 1 saturated carbocycles. The van der Waals surface area contributed by atoms with Gasteiger partial charge in [-0.2, -0.15) is 5.26 Å². The van der Waals surface area contributed by atoms with Crippen molar-refractivity contribution in [2.45, 2.75) is 30.7 Å². The Balaban J connectivity index is 1.71. The quantitative estimate of drug-likeness (QED) is 0.678. The van der Waals surface area contributed by atoms with E-state index in [9.17, 15) is 10.1 Å². The number of amides is 1. The molecule has 0 atom stereocenters. The lowest BCUT2D eigenvalue weighted by Crippen LogP contribution is -2.31. The summed E-state index contributed by atoms with van der Waals surface area (Å²) in [5.74, 6) is 1.03. The summed E-state index contributed by atoms with van der Waals surface area (Å²) in [5.41, 5.74) is 2.90. The van der Waals surface area contributed by atoms with Crippen LogP contribution in [0.2, 0.25) is 0 Å². The van der Waals surface area contributed by atoms with Gasteiger partial charge in [0, 0.05) is 18.7 Å². The molecule has 1 aliphatic rings. The largest absolute Gasteiger partial charge is 0.492 e. The van der Waals surface area contributed by atoms with Crippen LogP contribution in [-0.4, -0.2) is 42.2 Å². The number of thioether (sulfide) groups is 1. The van der Waals surface area contributed by atoms with Crippen LogP contribution in [0.4, 0.5) is 0 Å². The lowest BCUT2D eigenvalue weighted by atomic mass is 10.1. The topological polar surface area (TPSA) is 66.2 Å². The second-order valence-corrected chi connectivity index (χ2v) is 7.55. The van der Waals surface area contributed by atoms with Gasteiger partial charge in [0.2, 0.25) is 0 Å². The minimum Gasteiger partial charge on any atom is -0.492 e. The highest BCUT2D eigenvalue weighted by Crippen LogP contribution is 2.40. The summed E-state index contributed by atoms with van der Waals surface area (Å²) in [5, 5.41) is 10.2. The highest BCUT2D eigenvalue weighted by Gasteiger charge is 2.29. The van der Waals surface area contributed by atoms with Crippen LogP contribution in [0.25, 0.3) is 0 Å². The van der Waals surface area contributed by atoms with Gasteiger partial charge in [0.05, 0.1) is 17.7 Å². The monoisotopic (exact) mass is 381 g/mol. The first-order valence-corrected chi connectivity index (χ1v) is 10.2. The van der Waals surface area contributed by atoms with Gasteiger partial charge in [-0.1, -0.05) is 17.7 Å². The molecule has 1 aliphatic carbocycles. The van der Waals surface area contributed by atoms with E-state index < -0.39 is 0 Å². The van der Waals surface area contributed by atoms with Gasteiger partial charge in [0.15, 0.2) is 0 Å². The minimum atomic E-state index is -0.168. The number of nitriles is 1. The molecule has 1 fully saturated rings. The fraction of sp³-hybridized carbons (Fsp3) is 0.381. The van der Waals surface area contributed by atoms with Crippen LogP contribution < -0.4 is 4.74 Å². The molecule has 6 heteroatoms. The Hall–Kier alpha value is -2.52. The van der Waals surface area contributed by atoms with Gasteiger partial charge in [-0.3, -0.25) is 4.79 Å². The van der Waals surface area contributed by atoms with Crippen molar-refractivity contribution in [1.29, 1.82) is 5.26 Å². The van der Waals surface area contributed by atoms with Gasteiger partial charge in [-0.15, -0.1) is 11.8 Å². The number of carbonyl (C=O) groups excluding carboxylic acids is 1. The molecule has 0 saturated heterocycles. The molecule has 5 nitrogen and oxygen atoms in total. The Kier molecular flexibility index (Phi) is 6.02. The predicted octanol–water partition coefficient (Wildman–Crippen LogP) is 4.01. The van der Waals surface area contributed by atoms with E-state index in [1.165, 1.54) is 17.3 Å². The number of benzene rings is 1. The summed E-state index contributed by atoms with van der Waals surface area (Å²) >= 11 is 1.41. The molecule has 0 radical (unpaired) electrons. The molecule has 2 aromatic rings. The molecule has 0 N–H and O–H groups in total. The third-order valence-electron chi connectivity index (χ3n) is 4.60. The Morgan fingerprint density at radius 3 is 2.67 bits per heavy atom. The first-order valence-electron chi connectivity index (χ1n) is 8.97. The van der Waals surface area contributed by atoms with Crippen molar-refractivity contribution in [3.05, 3.63) is 52.7 Å². The van der Waals surface area contributed by atoms with Gasteiger partial charge < -0.3 is 9.64 Å². The van der Waals surface area contributed by atoms with E-state index in [1.807, 2.05) is 37.4 Å². The van der Waals surface area contributed by atoms with Gasteiger partial charge in [-0.05, 0) is 44.2 Å². The van der Waals surface area contributed by atoms with Crippen molar-refractivity contribution in [2.75, 3.05) is 26.5 Å². The van der Waals surface area contributed by atoms with Gasteiger partial charge in [-0.25, -0.2) is 4.98 Å². The number of hydrogen-bond donors (Lipinski definition) is 0. The number of rotatable bonds is 7. The first-order chi connectivity index (χ1) is 13.0. The van der Waals surface area contributed by atoms with Gasteiger partial charge in [0.1, 0.15) is 23.5 Å². The zero-order valence-electron chi connectivity index (χ0n) is 15.9. The Morgan fingerprint density at radius 2 is 2.07 bits per heavy atom. The normalized spacial score (nSPS) is 13.1. The molecule has 0 unspecified atom stereocenters. The molecular formula is C21H23N3O2S. The van der Waals surface area contributed by atoms with E-state index in [0.717, 1.165) is 24.3 Å². The number of likely N-dealkylation sites (N-methyl/N-ethyl adjacent to an activating group) is 1. The molecule has 140 valence electrons. The zero-order chi connectivity index (χ0) is 19.4. The summed E-state index contributed by atoms with van der Waals surface area (Å²) in [6.07, 6.45) is 4.08. The molecule has 1 heterocycles. The average Bonchev–Trinajstić information content (AvgIpc) is 3.53. The predicted molar refractivity (Wildman–Crippen MR) is 106 cm³/mol. The van der Waals surface area contributed by atoms with E-state index in [-0.39, 0.29) is 5.91 Å². The van der Waals surface area contributed by atoms with Gasteiger partial charge in [0.25, 0.3) is 5.91 Å². The van der Waals surface area contributed by atoms with Crippen molar-refractivity contribution in [3.8, 4) is 11.8 Å². The molecule has 27 heavy (non-hydrogen) atoms. The van der Waals surface area contributed by atoms with Crippen LogP contribution in [-0.2, 0) is 0 Å². The molecule has 0 aliphatic heterocycles. The second-order valence-electron chi connectivity index (χ2n) is 6.75. The SMILES string of the molecule is CSc1nc(C2CC2)cc(C(=O)N(C)CCOc2ccc(C)cc2)c1C#N. The molecule has 1 aromatic heterocycles. The second kappa shape index (κ2) is 8.45.